The number of hydrogen-bond acceptors (Lipinski definition) is 9. The maximum Gasteiger partial charge on any atom is 0.0201 e. The molecule has 0 fully saturated rings. The molecule has 3 atom stereocenters. The molecule has 100 heavy (non-hydrogen) atoms. The van der Waals surface area contributed by atoms with Gasteiger partial charge in [0.1, 0.15) is 0 Å². The lowest BCUT2D eigenvalue weighted by Gasteiger charge is -2.48. The van der Waals surface area contributed by atoms with Gasteiger partial charge in [0, 0.05) is 107 Å². The number of nitrogens with zero attached hydrogens (tertiary/aromatic N) is 9. The summed E-state index contributed by atoms with van der Waals surface area (Å²) in [6.07, 6.45) is 2.45. The third-order valence-electron chi connectivity index (χ3n) is 21.5. The van der Waals surface area contributed by atoms with E-state index in [1.165, 1.54) is 19.4 Å². The van der Waals surface area contributed by atoms with Crippen molar-refractivity contribution in [3.05, 3.63) is 0 Å². The van der Waals surface area contributed by atoms with Gasteiger partial charge in [-0.3, -0.25) is 19.6 Å². The number of rotatable bonds is 21. The molecule has 0 aliphatic rings. The Morgan fingerprint density at radius 3 is 0.630 bits per heavy atom. The zero-order valence-corrected chi connectivity index (χ0v) is 74.3. The Labute approximate surface area is 652 Å². The van der Waals surface area contributed by atoms with E-state index in [-0.39, 0.29) is 79.8 Å². The highest BCUT2D eigenvalue weighted by Gasteiger charge is 2.37. The summed E-state index contributed by atoms with van der Waals surface area (Å²) in [5.74, 6) is 1.46. The first-order valence-corrected chi connectivity index (χ1v) is 36.9. The molecule has 0 saturated carbocycles. The van der Waals surface area contributed by atoms with Gasteiger partial charge in [-0.2, -0.15) is 0 Å². The summed E-state index contributed by atoms with van der Waals surface area (Å²) >= 11 is 0. The highest BCUT2D eigenvalue weighted by Crippen LogP contribution is 2.35. The minimum absolute atomic E-state index is 0. The topological polar surface area (TPSA) is 29.2 Å². The third-order valence-corrected chi connectivity index (χ3v) is 21.5. The van der Waals surface area contributed by atoms with Crippen LogP contribution in [-0.2, 0) is 0 Å². The van der Waals surface area contributed by atoms with Gasteiger partial charge < -0.3 is 24.5 Å². The van der Waals surface area contributed by atoms with E-state index in [1.54, 1.807) is 0 Å². The van der Waals surface area contributed by atoms with E-state index in [2.05, 4.69) is 433 Å². The van der Waals surface area contributed by atoms with Gasteiger partial charge in [-0.1, -0.05) is 178 Å². The highest BCUT2D eigenvalue weighted by atomic mass is 15.2. The van der Waals surface area contributed by atoms with Gasteiger partial charge in [0.2, 0.25) is 0 Å². The van der Waals surface area contributed by atoms with E-state index in [0.717, 1.165) is 12.0 Å². The molecule has 0 bridgehead atoms. The van der Waals surface area contributed by atoms with Crippen LogP contribution in [0, 0.1) is 28.1 Å². The van der Waals surface area contributed by atoms with Crippen LogP contribution in [0.4, 0.5) is 0 Å². The monoisotopic (exact) mass is 1450 g/mol. The molecule has 0 aromatic carbocycles. The maximum atomic E-state index is 2.44. The summed E-state index contributed by atoms with van der Waals surface area (Å²) in [4.78, 5) is 21.6. The van der Waals surface area contributed by atoms with Crippen molar-refractivity contribution >= 4 is 0 Å². The standard InChI is InChI=1S/C11H25N.2C10H23N.3C9H21N.2C8H19N.C7H17N.10CH4/c1-9(2)12(8)11(6,7)10(3,4)5;1-8(2)11(7)9(3)10(4,5)6;1-8(2)10(5,6)11(7)9(3)4;1-8(2)10(6)7-9(3,4)5;1-7-9(4,5)10(6)8(2)3;1-7(2)9(5)10(6)8(3)4;1-7(2)9(6)8(3,4)5;1-6-8(4)9(5)7(2)3;1-6(2)8(5)7(3)4;;;;;;;;;;/h9H,1-8H3;2*8-9H,1-7H3;2*8H,7H2,1-6H3;7-9H,1-6H3;7H,1-6H3;7-8H,6H2,1-5H3;6-7H,1-5H3;10*1H4. The lowest BCUT2D eigenvalue weighted by molar-refractivity contribution is 0.0210. The van der Waals surface area contributed by atoms with Crippen molar-refractivity contribution in [3.63, 3.8) is 0 Å². The minimum atomic E-state index is 0. The van der Waals surface area contributed by atoms with Gasteiger partial charge >= 0.3 is 0 Å². The quantitative estimate of drug-likeness (QED) is 0.111. The molecule has 3 unspecified atom stereocenters. The maximum absolute atomic E-state index is 2.44. The van der Waals surface area contributed by atoms with Crippen LogP contribution in [0.5, 0.6) is 0 Å². The van der Waals surface area contributed by atoms with Crippen LogP contribution in [-0.4, -0.2) is 215 Å². The molecule has 0 rings (SSSR count). The van der Waals surface area contributed by atoms with Crippen LogP contribution in [0.2, 0.25) is 0 Å². The average molecular weight is 1450 g/mol. The highest BCUT2D eigenvalue weighted by molar-refractivity contribution is 4.92. The molecule has 0 spiro atoms. The Balaban J connectivity index is -0.0000000430. The Hall–Kier alpha value is -0.360. The molecule has 0 aliphatic heterocycles. The molecule has 9 heteroatoms. The molecule has 0 aromatic rings. The lowest BCUT2D eigenvalue weighted by atomic mass is 9.75. The normalized spacial score (nSPS) is 12.7. The van der Waals surface area contributed by atoms with Crippen molar-refractivity contribution in [2.24, 2.45) is 28.1 Å². The predicted octanol–water partition coefficient (Wildman–Crippen LogP) is 28.3. The average Bonchev–Trinajstić information content (AvgIpc) is 3.37. The van der Waals surface area contributed by atoms with E-state index in [0.29, 0.717) is 111 Å². The lowest BCUT2D eigenvalue weighted by Crippen LogP contribution is -2.53. The first-order valence-electron chi connectivity index (χ1n) is 36.9. The fraction of sp³-hybridized carbons (Fsp3) is 1.00. The SMILES string of the molecule is C.C.C.C.C.C.C.C.C.C.CC(C)C(C)N(C)C(C)C.CC(C)N(C)C(C)(C)C.CC(C)N(C)C(C)(C)C(C)(C)C.CC(C)N(C)C(C)(C)C(C)C.CC(C)N(C)C(C)C.CC(C)N(C)C(C)C(C)(C)C.CC(C)N(C)CC(C)(C)C.CCC(C)(C)N(C)C(C)C.CCC(C)N(C)C(C)C. The second-order valence-electron chi connectivity index (χ2n) is 36.8. The van der Waals surface area contributed by atoms with Gasteiger partial charge in [-0.25, -0.2) is 0 Å². The van der Waals surface area contributed by atoms with Crippen LogP contribution >= 0.6 is 0 Å². The molecule has 0 radical (unpaired) electrons. The molecule has 0 N–H and O–H groups in total. The molecule has 638 valence electrons. The van der Waals surface area contributed by atoms with Crippen molar-refractivity contribution in [1.82, 2.24) is 44.1 Å². The van der Waals surface area contributed by atoms with Crippen LogP contribution < -0.4 is 0 Å². The summed E-state index contributed by atoms with van der Waals surface area (Å²) in [5.41, 5.74) is 2.38. The fourth-order valence-electron chi connectivity index (χ4n) is 8.29. The molecule has 0 aliphatic carbocycles. The largest absolute Gasteiger partial charge is 0.303 e. The first kappa shape index (κ1) is 149. The van der Waals surface area contributed by atoms with Gasteiger partial charge in [0.15, 0.2) is 0 Å². The fourth-order valence-corrected chi connectivity index (χ4v) is 8.29. The summed E-state index contributed by atoms with van der Waals surface area (Å²) in [5, 5.41) is 0. The van der Waals surface area contributed by atoms with E-state index in [9.17, 15) is 0 Å². The van der Waals surface area contributed by atoms with Gasteiger partial charge in [0.05, 0.1) is 0 Å². The molecule has 0 heterocycles. The Kier molecular flexibility index (Phi) is 103. The van der Waals surface area contributed by atoms with Gasteiger partial charge in [0.25, 0.3) is 0 Å². The van der Waals surface area contributed by atoms with Crippen molar-refractivity contribution in [1.29, 1.82) is 0 Å². The predicted molar refractivity (Wildman–Crippen MR) is 492 cm³/mol. The summed E-state index contributed by atoms with van der Waals surface area (Å²) < 4.78 is 0. The van der Waals surface area contributed by atoms with Crippen LogP contribution in [0.3, 0.4) is 0 Å². The summed E-state index contributed by atoms with van der Waals surface area (Å²) in [6.45, 7) is 107. The summed E-state index contributed by atoms with van der Waals surface area (Å²) in [6, 6.07) is 8.60. The van der Waals surface area contributed by atoms with Gasteiger partial charge in [-0.05, 0) is 326 Å². The Bertz CT molecular complexity index is 1560. The van der Waals surface area contributed by atoms with Gasteiger partial charge in [-0.15, -0.1) is 0 Å². The van der Waals surface area contributed by atoms with Crippen molar-refractivity contribution in [3.8, 4) is 0 Å². The van der Waals surface area contributed by atoms with Crippen LogP contribution in [0.15, 0.2) is 0 Å². The number of hydrogen-bond donors (Lipinski definition) is 0. The van der Waals surface area contributed by atoms with E-state index >= 15 is 0 Å². The van der Waals surface area contributed by atoms with E-state index in [4.69, 9.17) is 0 Å². The Morgan fingerprint density at radius 2 is 0.560 bits per heavy atom. The van der Waals surface area contributed by atoms with Crippen molar-refractivity contribution < 1.29 is 0 Å². The van der Waals surface area contributed by atoms with Crippen LogP contribution in [0.25, 0.3) is 0 Å². The molecule has 0 amide bonds. The molecule has 9 nitrogen and oxygen atoms in total. The zero-order valence-electron chi connectivity index (χ0n) is 74.3. The van der Waals surface area contributed by atoms with Crippen LogP contribution in [0.1, 0.15) is 413 Å². The first-order chi connectivity index (χ1) is 39.4. The molecule has 0 saturated heterocycles. The molecule has 0 aromatic heterocycles. The van der Waals surface area contributed by atoms with E-state index < -0.39 is 0 Å². The second-order valence-corrected chi connectivity index (χ2v) is 36.8. The second kappa shape index (κ2) is 69.1. The van der Waals surface area contributed by atoms with Crippen molar-refractivity contribution in [2.45, 2.75) is 513 Å². The smallest absolute Gasteiger partial charge is 0.0201 e. The zero-order chi connectivity index (χ0) is 75.5. The molecular weight excluding hydrogens is 1220 g/mol. The van der Waals surface area contributed by atoms with Crippen molar-refractivity contribution in [2.75, 3.05) is 70.0 Å². The van der Waals surface area contributed by atoms with E-state index in [1.807, 2.05) is 0 Å². The third kappa shape index (κ3) is 74.5. The summed E-state index contributed by atoms with van der Waals surface area (Å²) in [7, 11) is 19.6. The molecular formula is C91H229N9. The minimum Gasteiger partial charge on any atom is -0.303 e. The Morgan fingerprint density at radius 1 is 0.290 bits per heavy atom.